The summed E-state index contributed by atoms with van der Waals surface area (Å²) in [6.45, 7) is 1.88. The standard InChI is InChI=1S/C29H24N4O5/c1-18-23(16-31-33(18)22-8-4-3-5-9-22)26(34)24-25(20-10-12-21(13-11-20)29(37)38-2)32(28(36)27(24)35)17-19-7-6-14-30-15-19/h3-16,25,34H,17H2,1-2H3/t25-/m1/s1. The minimum absolute atomic E-state index is 0.0552. The monoisotopic (exact) mass is 508 g/mol. The van der Waals surface area contributed by atoms with Crippen LogP contribution in [0.1, 0.15) is 38.8 Å². The molecule has 2 aromatic heterocycles. The Balaban J connectivity index is 1.64. The van der Waals surface area contributed by atoms with Gasteiger partial charge in [-0.3, -0.25) is 14.6 Å². The Morgan fingerprint density at radius 1 is 1.00 bits per heavy atom. The second kappa shape index (κ2) is 10.1. The lowest BCUT2D eigenvalue weighted by Crippen LogP contribution is -2.29. The first-order valence-electron chi connectivity index (χ1n) is 11.9. The van der Waals surface area contributed by atoms with Gasteiger partial charge in [0.15, 0.2) is 0 Å². The number of benzene rings is 2. The van der Waals surface area contributed by atoms with Crippen molar-refractivity contribution in [1.29, 1.82) is 0 Å². The van der Waals surface area contributed by atoms with Crippen molar-refractivity contribution in [1.82, 2.24) is 19.7 Å². The zero-order chi connectivity index (χ0) is 26.8. The zero-order valence-electron chi connectivity index (χ0n) is 20.7. The average Bonchev–Trinajstić information content (AvgIpc) is 3.46. The van der Waals surface area contributed by atoms with Gasteiger partial charge in [0.1, 0.15) is 5.76 Å². The molecule has 4 aromatic rings. The average molecular weight is 509 g/mol. The van der Waals surface area contributed by atoms with Gasteiger partial charge in [0.05, 0.1) is 47.4 Å². The number of carbonyl (C=O) groups is 3. The van der Waals surface area contributed by atoms with E-state index in [1.54, 1.807) is 60.4 Å². The number of aliphatic hydroxyl groups is 1. The summed E-state index contributed by atoms with van der Waals surface area (Å²) in [7, 11) is 1.29. The smallest absolute Gasteiger partial charge is 0.337 e. The van der Waals surface area contributed by atoms with Crippen molar-refractivity contribution in [3.63, 3.8) is 0 Å². The number of hydrogen-bond donors (Lipinski definition) is 1. The summed E-state index contributed by atoms with van der Waals surface area (Å²) >= 11 is 0. The SMILES string of the molecule is COC(=O)c1ccc([C@@H]2C(=C(O)c3cnn(-c4ccccc4)c3C)C(=O)C(=O)N2Cc2cccnc2)cc1. The van der Waals surface area contributed by atoms with E-state index in [2.05, 4.69) is 10.1 Å². The van der Waals surface area contributed by atoms with Gasteiger partial charge in [-0.25, -0.2) is 9.48 Å². The fourth-order valence-corrected chi connectivity index (χ4v) is 4.61. The Hall–Kier alpha value is -5.05. The summed E-state index contributed by atoms with van der Waals surface area (Å²) < 4.78 is 6.44. The highest BCUT2D eigenvalue weighted by Gasteiger charge is 2.46. The van der Waals surface area contributed by atoms with Gasteiger partial charge >= 0.3 is 5.97 Å². The number of para-hydroxylation sites is 1. The number of ether oxygens (including phenoxy) is 1. The zero-order valence-corrected chi connectivity index (χ0v) is 20.7. The van der Waals surface area contributed by atoms with E-state index in [-0.39, 0.29) is 17.9 Å². The molecule has 9 heteroatoms. The van der Waals surface area contributed by atoms with Crippen LogP contribution >= 0.6 is 0 Å². The molecule has 1 saturated heterocycles. The minimum Gasteiger partial charge on any atom is -0.507 e. The van der Waals surface area contributed by atoms with Crippen molar-refractivity contribution in [3.05, 3.63) is 119 Å². The summed E-state index contributed by atoms with van der Waals surface area (Å²) in [5, 5.41) is 15.9. The molecule has 3 heterocycles. The van der Waals surface area contributed by atoms with Crippen LogP contribution in [0.4, 0.5) is 0 Å². The first-order chi connectivity index (χ1) is 18.4. The van der Waals surface area contributed by atoms with Gasteiger partial charge in [0.2, 0.25) is 0 Å². The Labute approximate surface area is 218 Å². The molecule has 1 atom stereocenters. The maximum absolute atomic E-state index is 13.4. The Kier molecular flexibility index (Phi) is 6.57. The van der Waals surface area contributed by atoms with Crippen LogP contribution in [0.5, 0.6) is 0 Å². The molecule has 1 fully saturated rings. The number of Topliss-reactive ketones (excluding diaryl/α,β-unsaturated/α-hetero) is 1. The molecule has 0 bridgehead atoms. The van der Waals surface area contributed by atoms with Crippen LogP contribution in [0.3, 0.4) is 0 Å². The number of amides is 1. The fraction of sp³-hybridized carbons (Fsp3) is 0.138. The third-order valence-corrected chi connectivity index (χ3v) is 6.53. The molecule has 1 aliphatic heterocycles. The Bertz CT molecular complexity index is 1540. The summed E-state index contributed by atoms with van der Waals surface area (Å²) in [6.07, 6.45) is 4.71. The molecular formula is C29H24N4O5. The van der Waals surface area contributed by atoms with E-state index in [9.17, 15) is 19.5 Å². The highest BCUT2D eigenvalue weighted by atomic mass is 16.5. The van der Waals surface area contributed by atoms with Crippen molar-refractivity contribution in [3.8, 4) is 5.69 Å². The van der Waals surface area contributed by atoms with Crippen LogP contribution < -0.4 is 0 Å². The number of likely N-dealkylation sites (tertiary alicyclic amines) is 1. The first kappa shape index (κ1) is 24.6. The number of carbonyl (C=O) groups excluding carboxylic acids is 3. The van der Waals surface area contributed by atoms with Crippen LogP contribution in [0.2, 0.25) is 0 Å². The molecule has 0 unspecified atom stereocenters. The molecule has 1 amide bonds. The molecule has 2 aromatic carbocycles. The van der Waals surface area contributed by atoms with Gasteiger partial charge in [-0.2, -0.15) is 5.10 Å². The van der Waals surface area contributed by atoms with Crippen LogP contribution in [0.25, 0.3) is 11.4 Å². The molecule has 1 aliphatic rings. The first-order valence-corrected chi connectivity index (χ1v) is 11.9. The van der Waals surface area contributed by atoms with Crippen molar-refractivity contribution in [2.75, 3.05) is 7.11 Å². The summed E-state index contributed by atoms with van der Waals surface area (Å²) in [4.78, 5) is 44.1. The van der Waals surface area contributed by atoms with E-state index in [4.69, 9.17) is 4.74 Å². The largest absolute Gasteiger partial charge is 0.507 e. The van der Waals surface area contributed by atoms with Gasteiger partial charge in [-0.1, -0.05) is 36.4 Å². The predicted octanol–water partition coefficient (Wildman–Crippen LogP) is 3.98. The number of aromatic nitrogens is 3. The lowest BCUT2D eigenvalue weighted by atomic mass is 9.94. The van der Waals surface area contributed by atoms with Crippen molar-refractivity contribution in [2.45, 2.75) is 19.5 Å². The number of nitrogens with zero attached hydrogens (tertiary/aromatic N) is 4. The predicted molar refractivity (Wildman–Crippen MR) is 138 cm³/mol. The molecule has 190 valence electrons. The number of esters is 1. The number of hydrogen-bond acceptors (Lipinski definition) is 7. The van der Waals surface area contributed by atoms with E-state index in [1.165, 1.54) is 18.2 Å². The maximum atomic E-state index is 13.4. The van der Waals surface area contributed by atoms with Crippen LogP contribution in [0.15, 0.2) is 90.9 Å². The number of methoxy groups -OCH3 is 1. The van der Waals surface area contributed by atoms with Crippen LogP contribution in [-0.2, 0) is 20.9 Å². The quantitative estimate of drug-likeness (QED) is 0.181. The normalized spacial score (nSPS) is 16.6. The van der Waals surface area contributed by atoms with Gasteiger partial charge in [0, 0.05) is 18.9 Å². The van der Waals surface area contributed by atoms with Crippen LogP contribution in [-0.4, -0.2) is 49.5 Å². The van der Waals surface area contributed by atoms with Gasteiger partial charge in [-0.15, -0.1) is 0 Å². The second-order valence-corrected chi connectivity index (χ2v) is 8.79. The van der Waals surface area contributed by atoms with E-state index >= 15 is 0 Å². The lowest BCUT2D eigenvalue weighted by molar-refractivity contribution is -0.140. The Morgan fingerprint density at radius 2 is 1.74 bits per heavy atom. The van der Waals surface area contributed by atoms with Crippen molar-refractivity contribution in [2.24, 2.45) is 0 Å². The summed E-state index contributed by atoms with van der Waals surface area (Å²) in [5.74, 6) is -2.38. The molecule has 38 heavy (non-hydrogen) atoms. The molecule has 0 radical (unpaired) electrons. The summed E-state index contributed by atoms with van der Waals surface area (Å²) in [5.41, 5.74) is 3.27. The highest BCUT2D eigenvalue weighted by molar-refractivity contribution is 6.46. The fourth-order valence-electron chi connectivity index (χ4n) is 4.61. The second-order valence-electron chi connectivity index (χ2n) is 8.79. The molecular weight excluding hydrogens is 484 g/mol. The lowest BCUT2D eigenvalue weighted by Gasteiger charge is -2.25. The molecule has 0 spiro atoms. The maximum Gasteiger partial charge on any atom is 0.337 e. The van der Waals surface area contributed by atoms with E-state index in [1.807, 2.05) is 30.3 Å². The third kappa shape index (κ3) is 4.34. The number of ketones is 1. The van der Waals surface area contributed by atoms with E-state index in [0.29, 0.717) is 22.4 Å². The highest BCUT2D eigenvalue weighted by Crippen LogP contribution is 2.41. The minimum atomic E-state index is -0.902. The van der Waals surface area contributed by atoms with E-state index in [0.717, 1.165) is 11.3 Å². The van der Waals surface area contributed by atoms with Gasteiger partial charge in [0.25, 0.3) is 11.7 Å². The number of rotatable bonds is 6. The molecule has 0 saturated carbocycles. The van der Waals surface area contributed by atoms with Crippen LogP contribution in [0, 0.1) is 6.92 Å². The van der Waals surface area contributed by atoms with Crippen molar-refractivity contribution >= 4 is 23.4 Å². The number of pyridine rings is 1. The third-order valence-electron chi connectivity index (χ3n) is 6.53. The topological polar surface area (TPSA) is 115 Å². The Morgan fingerprint density at radius 3 is 2.39 bits per heavy atom. The number of aliphatic hydroxyl groups excluding tert-OH is 1. The van der Waals surface area contributed by atoms with Gasteiger partial charge < -0.3 is 14.7 Å². The summed E-state index contributed by atoms with van der Waals surface area (Å²) in [6, 6.07) is 18.4. The van der Waals surface area contributed by atoms with Gasteiger partial charge in [-0.05, 0) is 48.4 Å². The molecule has 1 N–H and O–H groups in total. The molecule has 0 aliphatic carbocycles. The molecule has 9 nitrogen and oxygen atoms in total. The van der Waals surface area contributed by atoms with E-state index < -0.39 is 23.7 Å². The van der Waals surface area contributed by atoms with Crippen molar-refractivity contribution < 1.29 is 24.2 Å². The molecule has 5 rings (SSSR count).